The number of amides is 1. The van der Waals surface area contributed by atoms with Crippen LogP contribution in [-0.4, -0.2) is 39.3 Å². The molecule has 4 heteroatoms. The highest BCUT2D eigenvalue weighted by atomic mass is 16.5. The predicted octanol–water partition coefficient (Wildman–Crippen LogP) is 1.59. The fourth-order valence-electron chi connectivity index (χ4n) is 2.58. The molecule has 1 unspecified atom stereocenters. The number of carbonyl (C=O) groups is 1. The molecule has 4 nitrogen and oxygen atoms in total. The Balaban J connectivity index is 2.22. The van der Waals surface area contributed by atoms with Crippen molar-refractivity contribution in [2.24, 2.45) is 0 Å². The van der Waals surface area contributed by atoms with Gasteiger partial charge in [-0.15, -0.1) is 0 Å². The van der Waals surface area contributed by atoms with Crippen molar-refractivity contribution in [1.82, 2.24) is 5.32 Å². The van der Waals surface area contributed by atoms with Gasteiger partial charge < -0.3 is 15.0 Å². The van der Waals surface area contributed by atoms with Crippen LogP contribution in [0.25, 0.3) is 0 Å². The number of hydrogen-bond donors (Lipinski definition) is 1. The number of para-hydroxylation sites is 1. The summed E-state index contributed by atoms with van der Waals surface area (Å²) in [5.74, 6) is 0.179. The maximum Gasteiger partial charge on any atom is 0.244 e. The van der Waals surface area contributed by atoms with E-state index in [1.807, 2.05) is 30.1 Å². The monoisotopic (exact) mass is 262 g/mol. The van der Waals surface area contributed by atoms with Crippen LogP contribution in [0.4, 0.5) is 5.69 Å². The second-order valence-corrected chi connectivity index (χ2v) is 4.84. The van der Waals surface area contributed by atoms with E-state index in [1.165, 1.54) is 5.56 Å². The topological polar surface area (TPSA) is 41.6 Å². The van der Waals surface area contributed by atoms with Crippen LogP contribution in [0.2, 0.25) is 0 Å². The van der Waals surface area contributed by atoms with Gasteiger partial charge in [-0.3, -0.25) is 4.79 Å². The molecule has 0 radical (unpaired) electrons. The van der Waals surface area contributed by atoms with E-state index in [-0.39, 0.29) is 11.9 Å². The summed E-state index contributed by atoms with van der Waals surface area (Å²) < 4.78 is 5.14. The number of rotatable bonds is 5. The van der Waals surface area contributed by atoms with Crippen LogP contribution in [0.15, 0.2) is 24.3 Å². The van der Waals surface area contributed by atoms with Gasteiger partial charge in [0.2, 0.25) is 5.91 Å². The molecule has 0 spiro atoms. The Morgan fingerprint density at radius 1 is 1.42 bits per heavy atom. The minimum absolute atomic E-state index is 0.0516. The zero-order valence-electron chi connectivity index (χ0n) is 11.7. The largest absolute Gasteiger partial charge is 0.384 e. The molecule has 1 amide bonds. The van der Waals surface area contributed by atoms with Crippen LogP contribution in [0.5, 0.6) is 0 Å². The summed E-state index contributed by atoms with van der Waals surface area (Å²) in [5.41, 5.74) is 2.21. The van der Waals surface area contributed by atoms with Crippen molar-refractivity contribution in [1.29, 1.82) is 0 Å². The fraction of sp³-hybridized carbons (Fsp3) is 0.533. The number of anilines is 1. The Labute approximate surface area is 114 Å². The average molecular weight is 262 g/mol. The summed E-state index contributed by atoms with van der Waals surface area (Å²) in [5, 5.41) is 3.10. The maximum atomic E-state index is 12.4. The first-order chi connectivity index (χ1) is 9.27. The van der Waals surface area contributed by atoms with Crippen LogP contribution in [0.3, 0.4) is 0 Å². The van der Waals surface area contributed by atoms with Crippen LogP contribution in [0, 0.1) is 0 Å². The number of methoxy groups -OCH3 is 1. The molecule has 2 rings (SSSR count). The highest BCUT2D eigenvalue weighted by Crippen LogP contribution is 2.25. The van der Waals surface area contributed by atoms with Gasteiger partial charge in [-0.25, -0.2) is 0 Å². The minimum atomic E-state index is -0.0516. The molecule has 1 atom stereocenters. The van der Waals surface area contributed by atoms with Gasteiger partial charge in [0.25, 0.3) is 0 Å². The van der Waals surface area contributed by atoms with Crippen LogP contribution < -0.4 is 10.2 Å². The number of likely N-dealkylation sites (N-methyl/N-ethyl adjacent to an activating group) is 1. The molecule has 1 fully saturated rings. The highest BCUT2D eigenvalue weighted by Gasteiger charge is 2.29. The molecule has 0 aromatic heterocycles. The number of hydrogen-bond acceptors (Lipinski definition) is 3. The van der Waals surface area contributed by atoms with Gasteiger partial charge in [0.05, 0.1) is 12.6 Å². The summed E-state index contributed by atoms with van der Waals surface area (Å²) in [6.07, 6.45) is 2.79. The first-order valence-corrected chi connectivity index (χ1v) is 6.83. The number of piperidine rings is 1. The molecule has 1 aromatic carbocycles. The molecule has 0 bridgehead atoms. The lowest BCUT2D eigenvalue weighted by Crippen LogP contribution is -2.50. The zero-order valence-corrected chi connectivity index (χ0v) is 11.7. The molecular formula is C15H22N2O2. The van der Waals surface area contributed by atoms with Crippen molar-refractivity contribution >= 4 is 11.6 Å². The molecule has 0 saturated carbocycles. The van der Waals surface area contributed by atoms with Gasteiger partial charge in [-0.1, -0.05) is 18.2 Å². The molecule has 0 aliphatic carbocycles. The van der Waals surface area contributed by atoms with Gasteiger partial charge in [-0.05, 0) is 37.9 Å². The smallest absolute Gasteiger partial charge is 0.244 e. The van der Waals surface area contributed by atoms with E-state index in [0.29, 0.717) is 6.61 Å². The molecule has 19 heavy (non-hydrogen) atoms. The van der Waals surface area contributed by atoms with Gasteiger partial charge in [-0.2, -0.15) is 0 Å². The molecule has 104 valence electrons. The van der Waals surface area contributed by atoms with E-state index < -0.39 is 0 Å². The lowest BCUT2D eigenvalue weighted by Gasteiger charge is -2.33. The summed E-state index contributed by atoms with van der Waals surface area (Å²) in [7, 11) is 3.55. The van der Waals surface area contributed by atoms with Crippen LogP contribution >= 0.6 is 0 Å². The predicted molar refractivity (Wildman–Crippen MR) is 76.5 cm³/mol. The van der Waals surface area contributed by atoms with E-state index in [0.717, 1.165) is 31.5 Å². The van der Waals surface area contributed by atoms with Crippen LogP contribution in [-0.2, 0) is 16.0 Å². The Morgan fingerprint density at radius 3 is 2.95 bits per heavy atom. The molecule has 1 saturated heterocycles. The Kier molecular flexibility index (Phi) is 4.93. The quantitative estimate of drug-likeness (QED) is 0.876. The van der Waals surface area contributed by atoms with E-state index in [2.05, 4.69) is 11.4 Å². The summed E-state index contributed by atoms with van der Waals surface area (Å²) in [6.45, 7) is 1.48. The van der Waals surface area contributed by atoms with Gasteiger partial charge >= 0.3 is 0 Å². The van der Waals surface area contributed by atoms with Crippen molar-refractivity contribution in [2.75, 3.05) is 32.2 Å². The SMILES string of the molecule is CNC1CCCN(c2ccccc2CCOC)C1=O. The van der Waals surface area contributed by atoms with E-state index >= 15 is 0 Å². The fourth-order valence-corrected chi connectivity index (χ4v) is 2.58. The number of benzene rings is 1. The standard InChI is InChI=1S/C15H22N2O2/c1-16-13-7-5-10-17(15(13)18)14-8-4-3-6-12(14)9-11-19-2/h3-4,6,8,13,16H,5,7,9-11H2,1-2H3. The second-order valence-electron chi connectivity index (χ2n) is 4.84. The first-order valence-electron chi connectivity index (χ1n) is 6.83. The van der Waals surface area contributed by atoms with E-state index in [1.54, 1.807) is 7.11 Å². The third-order valence-corrected chi connectivity index (χ3v) is 3.65. The normalized spacial score (nSPS) is 19.8. The number of nitrogens with one attached hydrogen (secondary N) is 1. The molecule has 1 aromatic rings. The van der Waals surface area contributed by atoms with Crippen LogP contribution in [0.1, 0.15) is 18.4 Å². The van der Waals surface area contributed by atoms with E-state index in [4.69, 9.17) is 4.74 Å². The number of carbonyl (C=O) groups excluding carboxylic acids is 1. The van der Waals surface area contributed by atoms with Crippen molar-refractivity contribution in [2.45, 2.75) is 25.3 Å². The van der Waals surface area contributed by atoms with E-state index in [9.17, 15) is 4.79 Å². The third kappa shape index (κ3) is 3.14. The minimum Gasteiger partial charge on any atom is -0.384 e. The molecule has 1 aliphatic rings. The molecule has 1 N–H and O–H groups in total. The highest BCUT2D eigenvalue weighted by molar-refractivity contribution is 5.98. The van der Waals surface area contributed by atoms with Gasteiger partial charge in [0.15, 0.2) is 0 Å². The summed E-state index contributed by atoms with van der Waals surface area (Å²) >= 11 is 0. The lowest BCUT2D eigenvalue weighted by molar-refractivity contribution is -0.121. The molecular weight excluding hydrogens is 240 g/mol. The Bertz CT molecular complexity index is 434. The van der Waals surface area contributed by atoms with Crippen molar-refractivity contribution in [3.63, 3.8) is 0 Å². The lowest BCUT2D eigenvalue weighted by atomic mass is 10.0. The second kappa shape index (κ2) is 6.68. The molecule has 1 heterocycles. The van der Waals surface area contributed by atoms with Gasteiger partial charge in [0.1, 0.15) is 0 Å². The summed E-state index contributed by atoms with van der Waals surface area (Å²) in [4.78, 5) is 14.3. The molecule has 1 aliphatic heterocycles. The first kappa shape index (κ1) is 14.0. The Hall–Kier alpha value is -1.39. The zero-order chi connectivity index (χ0) is 13.7. The summed E-state index contributed by atoms with van der Waals surface area (Å²) in [6, 6.07) is 8.05. The third-order valence-electron chi connectivity index (χ3n) is 3.65. The number of ether oxygens (including phenoxy) is 1. The van der Waals surface area contributed by atoms with Crippen molar-refractivity contribution in [3.05, 3.63) is 29.8 Å². The Morgan fingerprint density at radius 2 is 2.21 bits per heavy atom. The van der Waals surface area contributed by atoms with Gasteiger partial charge in [0, 0.05) is 19.3 Å². The van der Waals surface area contributed by atoms with Crippen molar-refractivity contribution in [3.8, 4) is 0 Å². The average Bonchev–Trinajstić information content (AvgIpc) is 2.46. The number of nitrogens with zero attached hydrogens (tertiary/aromatic N) is 1. The van der Waals surface area contributed by atoms with Crippen molar-refractivity contribution < 1.29 is 9.53 Å². The maximum absolute atomic E-state index is 12.4.